The van der Waals surface area contributed by atoms with E-state index in [4.69, 9.17) is 4.74 Å². The van der Waals surface area contributed by atoms with Gasteiger partial charge in [-0.1, -0.05) is 22.0 Å². The first-order valence-corrected chi connectivity index (χ1v) is 3.46. The molecule has 0 saturated carbocycles. The van der Waals surface area contributed by atoms with E-state index in [2.05, 4.69) is 22.9 Å². The van der Waals surface area contributed by atoms with Crippen LogP contribution < -0.4 is 0 Å². The molecule has 2 atom stereocenters. The Balaban J connectivity index is 2.31. The zero-order valence-corrected chi connectivity index (χ0v) is 6.30. The predicted octanol–water partition coefficient (Wildman–Crippen LogP) is 1.07. The van der Waals surface area contributed by atoms with Crippen molar-refractivity contribution in [3.05, 3.63) is 19.1 Å². The summed E-state index contributed by atoms with van der Waals surface area (Å²) in [6.07, 6.45) is 3.62. The maximum Gasteiger partial charge on any atom is 0.307 e. The van der Waals surface area contributed by atoms with Crippen LogP contribution in [0.25, 0.3) is 0 Å². The lowest BCUT2D eigenvalue weighted by molar-refractivity contribution is -0.141. The van der Waals surface area contributed by atoms with Gasteiger partial charge in [0.25, 0.3) is 0 Å². The minimum atomic E-state index is -0.478. The minimum Gasteiger partial charge on any atom is -0.457 e. The summed E-state index contributed by atoms with van der Waals surface area (Å²) in [5.74, 6) is -0.478. The Hall–Kier alpha value is -0.310. The molecular formula is C6H6BrO2. The second-order valence-electron chi connectivity index (χ2n) is 1.78. The minimum absolute atomic E-state index is 0.102. The molecule has 0 heterocycles. The molecule has 0 amide bonds. The topological polar surface area (TPSA) is 26.3 Å². The number of hydrogen-bond acceptors (Lipinski definition) is 2. The zero-order valence-electron chi connectivity index (χ0n) is 4.71. The smallest absolute Gasteiger partial charge is 0.307 e. The summed E-state index contributed by atoms with van der Waals surface area (Å²) in [6, 6.07) is 0. The number of esters is 1. The Labute approximate surface area is 62.0 Å². The molecule has 0 aromatic heterocycles. The van der Waals surface area contributed by atoms with Crippen LogP contribution in [0.4, 0.5) is 0 Å². The Bertz CT molecular complexity index is 153. The average Bonchev–Trinajstić information content (AvgIpc) is 1.79. The normalized spacial score (nSPS) is 31.3. The number of rotatable bonds is 1. The lowest BCUT2D eigenvalue weighted by Crippen LogP contribution is -2.29. The first-order valence-electron chi connectivity index (χ1n) is 2.55. The molecule has 1 aliphatic rings. The number of ether oxygens (including phenoxy) is 1. The highest BCUT2D eigenvalue weighted by atomic mass is 79.9. The van der Waals surface area contributed by atoms with Crippen LogP contribution >= 0.6 is 15.9 Å². The van der Waals surface area contributed by atoms with Crippen molar-refractivity contribution in [2.24, 2.45) is 0 Å². The van der Waals surface area contributed by atoms with Crippen LogP contribution in [-0.4, -0.2) is 16.9 Å². The monoisotopic (exact) mass is 189 g/mol. The Morgan fingerprint density at radius 1 is 1.67 bits per heavy atom. The summed E-state index contributed by atoms with van der Waals surface area (Å²) in [7, 11) is 0. The SMILES string of the molecule is [CH2]C(=O)OC1C=CC1Br. The van der Waals surface area contributed by atoms with Gasteiger partial charge in [0.1, 0.15) is 6.10 Å². The first-order chi connectivity index (χ1) is 4.20. The van der Waals surface area contributed by atoms with Gasteiger partial charge in [-0.15, -0.1) is 0 Å². The van der Waals surface area contributed by atoms with Gasteiger partial charge in [0.2, 0.25) is 0 Å². The Morgan fingerprint density at radius 3 is 2.44 bits per heavy atom. The molecule has 0 aromatic rings. The number of halogens is 1. The fourth-order valence-electron chi connectivity index (χ4n) is 0.542. The van der Waals surface area contributed by atoms with Gasteiger partial charge in [-0.3, -0.25) is 4.79 Å². The van der Waals surface area contributed by atoms with E-state index in [9.17, 15) is 4.79 Å². The van der Waals surface area contributed by atoms with Gasteiger partial charge >= 0.3 is 5.97 Å². The molecule has 9 heavy (non-hydrogen) atoms. The lowest BCUT2D eigenvalue weighted by atomic mass is 10.1. The van der Waals surface area contributed by atoms with Crippen molar-refractivity contribution in [3.63, 3.8) is 0 Å². The summed E-state index contributed by atoms with van der Waals surface area (Å²) in [5, 5.41) is 0. The summed E-state index contributed by atoms with van der Waals surface area (Å²) in [5.41, 5.74) is 0. The molecule has 2 nitrogen and oxygen atoms in total. The van der Waals surface area contributed by atoms with Crippen LogP contribution in [0.2, 0.25) is 0 Å². The summed E-state index contributed by atoms with van der Waals surface area (Å²) >= 11 is 3.26. The molecule has 0 aliphatic heterocycles. The van der Waals surface area contributed by atoms with Crippen molar-refractivity contribution in [2.45, 2.75) is 10.9 Å². The molecule has 0 bridgehead atoms. The van der Waals surface area contributed by atoms with E-state index < -0.39 is 5.97 Å². The second kappa shape index (κ2) is 2.52. The summed E-state index contributed by atoms with van der Waals surface area (Å²) < 4.78 is 4.71. The van der Waals surface area contributed by atoms with Gasteiger partial charge in [0.05, 0.1) is 11.8 Å². The standard InChI is InChI=1S/C6H6BrO2/c1-4(8)9-6-3-2-5(6)7/h2-3,5-6H,1H2. The van der Waals surface area contributed by atoms with Gasteiger partial charge in [-0.25, -0.2) is 0 Å². The molecule has 1 radical (unpaired) electrons. The number of carbonyl (C=O) groups excluding carboxylic acids is 1. The van der Waals surface area contributed by atoms with Gasteiger partial charge in [0, 0.05) is 0 Å². The Morgan fingerprint density at radius 2 is 2.33 bits per heavy atom. The molecule has 3 heteroatoms. The molecular weight excluding hydrogens is 184 g/mol. The molecule has 1 aliphatic carbocycles. The maximum absolute atomic E-state index is 10.2. The third-order valence-corrected chi connectivity index (χ3v) is 1.89. The van der Waals surface area contributed by atoms with Gasteiger partial charge in [-0.2, -0.15) is 0 Å². The van der Waals surface area contributed by atoms with E-state index in [1.165, 1.54) is 0 Å². The van der Waals surface area contributed by atoms with Crippen molar-refractivity contribution in [2.75, 3.05) is 0 Å². The van der Waals surface area contributed by atoms with Crippen LogP contribution in [0.3, 0.4) is 0 Å². The maximum atomic E-state index is 10.2. The van der Waals surface area contributed by atoms with Crippen LogP contribution in [0.5, 0.6) is 0 Å². The van der Waals surface area contributed by atoms with E-state index in [1.54, 1.807) is 0 Å². The van der Waals surface area contributed by atoms with Crippen LogP contribution in [0, 0.1) is 6.92 Å². The van der Waals surface area contributed by atoms with Crippen molar-refractivity contribution >= 4 is 21.9 Å². The highest BCUT2D eigenvalue weighted by Crippen LogP contribution is 2.21. The van der Waals surface area contributed by atoms with E-state index in [0.717, 1.165) is 0 Å². The summed E-state index contributed by atoms with van der Waals surface area (Å²) in [4.78, 5) is 10.4. The molecule has 49 valence electrons. The van der Waals surface area contributed by atoms with Crippen molar-refractivity contribution in [1.82, 2.24) is 0 Å². The highest BCUT2D eigenvalue weighted by Gasteiger charge is 2.23. The largest absolute Gasteiger partial charge is 0.457 e. The fraction of sp³-hybridized carbons (Fsp3) is 0.333. The molecule has 2 unspecified atom stereocenters. The van der Waals surface area contributed by atoms with E-state index >= 15 is 0 Å². The number of alkyl halides is 1. The van der Waals surface area contributed by atoms with Crippen LogP contribution in [-0.2, 0) is 9.53 Å². The quantitative estimate of drug-likeness (QED) is 0.351. The molecule has 1 rings (SSSR count). The van der Waals surface area contributed by atoms with E-state index in [-0.39, 0.29) is 10.9 Å². The van der Waals surface area contributed by atoms with Crippen molar-refractivity contribution < 1.29 is 9.53 Å². The molecule has 0 spiro atoms. The molecule has 0 saturated heterocycles. The van der Waals surface area contributed by atoms with E-state index in [1.807, 2.05) is 12.2 Å². The van der Waals surface area contributed by atoms with Gasteiger partial charge in [0.15, 0.2) is 0 Å². The average molecular weight is 190 g/mol. The van der Waals surface area contributed by atoms with Crippen LogP contribution in [0.1, 0.15) is 0 Å². The predicted molar refractivity (Wildman–Crippen MR) is 37.1 cm³/mol. The van der Waals surface area contributed by atoms with Gasteiger partial charge in [-0.05, 0) is 6.08 Å². The van der Waals surface area contributed by atoms with Gasteiger partial charge < -0.3 is 4.74 Å². The van der Waals surface area contributed by atoms with E-state index in [0.29, 0.717) is 0 Å². The summed E-state index contributed by atoms with van der Waals surface area (Å²) in [6.45, 7) is 3.08. The van der Waals surface area contributed by atoms with Crippen molar-refractivity contribution in [3.8, 4) is 0 Å². The number of hydrogen-bond donors (Lipinski definition) is 0. The third-order valence-electron chi connectivity index (χ3n) is 1.07. The molecule has 0 fully saturated rings. The van der Waals surface area contributed by atoms with Crippen molar-refractivity contribution in [1.29, 1.82) is 0 Å². The molecule has 0 aromatic carbocycles. The number of carbonyl (C=O) groups is 1. The Kier molecular flexibility index (Phi) is 1.90. The highest BCUT2D eigenvalue weighted by molar-refractivity contribution is 9.09. The second-order valence-corrected chi connectivity index (χ2v) is 2.84. The zero-order chi connectivity index (χ0) is 6.85. The van der Waals surface area contributed by atoms with Crippen LogP contribution in [0.15, 0.2) is 12.2 Å². The first kappa shape index (κ1) is 6.81. The molecule has 0 N–H and O–H groups in total. The third kappa shape index (κ3) is 1.55. The fourth-order valence-corrected chi connectivity index (χ4v) is 1.00. The lowest BCUT2D eigenvalue weighted by Gasteiger charge is -2.23.